The lowest BCUT2D eigenvalue weighted by molar-refractivity contribution is 0.376. The molecule has 2 aromatic heterocycles. The third-order valence-electron chi connectivity index (χ3n) is 5.49. The van der Waals surface area contributed by atoms with Crippen molar-refractivity contribution in [2.75, 3.05) is 6.54 Å². The number of rotatable bonds is 2. The van der Waals surface area contributed by atoms with Gasteiger partial charge in [-0.05, 0) is 50.8 Å². The third kappa shape index (κ3) is 2.66. The van der Waals surface area contributed by atoms with E-state index in [0.29, 0.717) is 34.1 Å². The molecule has 0 bridgehead atoms. The van der Waals surface area contributed by atoms with Crippen LogP contribution < -0.4 is 11.3 Å². The van der Waals surface area contributed by atoms with E-state index < -0.39 is 0 Å². The molecule has 25 heavy (non-hydrogen) atoms. The van der Waals surface area contributed by atoms with Crippen molar-refractivity contribution >= 4 is 33.4 Å². The molecule has 4 rings (SSSR count). The van der Waals surface area contributed by atoms with E-state index in [0.717, 1.165) is 36.6 Å². The van der Waals surface area contributed by atoms with Crippen LogP contribution in [0.25, 0.3) is 21.8 Å². The van der Waals surface area contributed by atoms with Crippen LogP contribution in [0.1, 0.15) is 43.9 Å². The highest BCUT2D eigenvalue weighted by molar-refractivity contribution is 6.37. The van der Waals surface area contributed by atoms with Gasteiger partial charge in [0.1, 0.15) is 16.7 Å². The van der Waals surface area contributed by atoms with Crippen LogP contribution >= 0.6 is 11.6 Å². The van der Waals surface area contributed by atoms with Crippen LogP contribution in [-0.2, 0) is 0 Å². The van der Waals surface area contributed by atoms with E-state index in [1.807, 2.05) is 22.8 Å². The summed E-state index contributed by atoms with van der Waals surface area (Å²) in [6.07, 6.45) is 5.31. The van der Waals surface area contributed by atoms with E-state index >= 15 is 0 Å². The lowest BCUT2D eigenvalue weighted by atomic mass is 9.97. The predicted molar refractivity (Wildman–Crippen MR) is 100 cm³/mol. The molecule has 0 saturated heterocycles. The van der Waals surface area contributed by atoms with Gasteiger partial charge in [0.05, 0.1) is 10.5 Å². The highest BCUT2D eigenvalue weighted by atomic mass is 35.5. The molecule has 0 radical (unpaired) electrons. The molecular formula is C19H22ClN3O2. The largest absolute Gasteiger partial charge is 0.360 e. The summed E-state index contributed by atoms with van der Waals surface area (Å²) in [5.41, 5.74) is 7.31. The number of nitrogens with zero attached hydrogens (tertiary/aromatic N) is 2. The maximum Gasteiger partial charge on any atom is 0.264 e. The van der Waals surface area contributed by atoms with Gasteiger partial charge in [-0.3, -0.25) is 4.79 Å². The van der Waals surface area contributed by atoms with Gasteiger partial charge in [-0.25, -0.2) is 0 Å². The lowest BCUT2D eigenvalue weighted by Crippen LogP contribution is -2.28. The molecule has 0 spiro atoms. The van der Waals surface area contributed by atoms with E-state index in [-0.39, 0.29) is 11.6 Å². The van der Waals surface area contributed by atoms with Gasteiger partial charge in [0.15, 0.2) is 0 Å². The van der Waals surface area contributed by atoms with E-state index in [2.05, 4.69) is 5.16 Å². The number of benzene rings is 1. The van der Waals surface area contributed by atoms with Crippen molar-refractivity contribution in [1.82, 2.24) is 9.72 Å². The number of pyridine rings is 1. The van der Waals surface area contributed by atoms with E-state index in [9.17, 15) is 4.79 Å². The Hall–Kier alpha value is -1.85. The predicted octanol–water partition coefficient (Wildman–Crippen LogP) is 4.18. The molecule has 1 aromatic carbocycles. The second-order valence-electron chi connectivity index (χ2n) is 7.05. The van der Waals surface area contributed by atoms with Crippen LogP contribution in [0.2, 0.25) is 5.02 Å². The normalized spacial score (nSPS) is 21.7. The number of nitrogens with two attached hydrogens (primary N) is 1. The quantitative estimate of drug-likeness (QED) is 0.696. The van der Waals surface area contributed by atoms with Gasteiger partial charge in [-0.2, -0.15) is 0 Å². The molecule has 0 aliphatic heterocycles. The molecule has 2 heterocycles. The topological polar surface area (TPSA) is 74.0 Å². The van der Waals surface area contributed by atoms with Gasteiger partial charge in [0.2, 0.25) is 0 Å². The van der Waals surface area contributed by atoms with Crippen molar-refractivity contribution in [2.45, 2.75) is 45.1 Å². The van der Waals surface area contributed by atoms with Crippen LogP contribution in [0.3, 0.4) is 0 Å². The summed E-state index contributed by atoms with van der Waals surface area (Å²) in [6, 6.07) is 5.80. The Morgan fingerprint density at radius 1 is 1.32 bits per heavy atom. The fraction of sp³-hybridized carbons (Fsp3) is 0.474. The molecule has 6 heteroatoms. The summed E-state index contributed by atoms with van der Waals surface area (Å²) >= 11 is 6.48. The summed E-state index contributed by atoms with van der Waals surface area (Å²) in [5.74, 6) is 0.993. The fourth-order valence-electron chi connectivity index (χ4n) is 4.22. The van der Waals surface area contributed by atoms with Crippen LogP contribution in [0.4, 0.5) is 0 Å². The number of hydrogen-bond donors (Lipinski definition) is 1. The summed E-state index contributed by atoms with van der Waals surface area (Å²) in [4.78, 5) is 13.3. The Morgan fingerprint density at radius 3 is 2.92 bits per heavy atom. The average molecular weight is 360 g/mol. The summed E-state index contributed by atoms with van der Waals surface area (Å²) in [6.45, 7) is 2.44. The fourth-order valence-corrected chi connectivity index (χ4v) is 4.48. The Kier molecular flexibility index (Phi) is 4.29. The summed E-state index contributed by atoms with van der Waals surface area (Å²) < 4.78 is 7.24. The van der Waals surface area contributed by atoms with Gasteiger partial charge in [-0.1, -0.05) is 35.7 Å². The van der Waals surface area contributed by atoms with Crippen LogP contribution in [0.5, 0.6) is 0 Å². The first kappa shape index (κ1) is 16.6. The first-order valence-corrected chi connectivity index (χ1v) is 9.28. The average Bonchev–Trinajstić information content (AvgIpc) is 2.84. The minimum atomic E-state index is -0.0359. The Balaban J connectivity index is 2.04. The van der Waals surface area contributed by atoms with Crippen molar-refractivity contribution < 1.29 is 4.52 Å². The number of halogens is 1. The van der Waals surface area contributed by atoms with Crippen molar-refractivity contribution in [1.29, 1.82) is 0 Å². The SMILES string of the molecule is Cc1onc2c1c(=O)n(C1CCCCC(CN)C1)c1cccc(Cl)c21. The first-order chi connectivity index (χ1) is 12.1. The highest BCUT2D eigenvalue weighted by Gasteiger charge is 2.26. The van der Waals surface area contributed by atoms with E-state index in [1.54, 1.807) is 6.92 Å². The second-order valence-corrected chi connectivity index (χ2v) is 7.45. The minimum Gasteiger partial charge on any atom is -0.360 e. The van der Waals surface area contributed by atoms with Crippen LogP contribution in [0.15, 0.2) is 27.5 Å². The van der Waals surface area contributed by atoms with Crippen molar-refractivity contribution in [2.24, 2.45) is 11.7 Å². The molecule has 2 atom stereocenters. The molecule has 1 saturated carbocycles. The molecule has 1 aliphatic carbocycles. The van der Waals surface area contributed by atoms with Gasteiger partial charge in [0.25, 0.3) is 5.56 Å². The molecule has 3 aromatic rings. The molecule has 132 valence electrons. The first-order valence-electron chi connectivity index (χ1n) is 8.90. The molecule has 1 aliphatic rings. The number of hydrogen-bond acceptors (Lipinski definition) is 4. The molecule has 5 nitrogen and oxygen atoms in total. The van der Waals surface area contributed by atoms with Gasteiger partial charge < -0.3 is 14.8 Å². The second kappa shape index (κ2) is 6.46. The third-order valence-corrected chi connectivity index (χ3v) is 5.80. The van der Waals surface area contributed by atoms with Gasteiger partial charge in [-0.15, -0.1) is 0 Å². The van der Waals surface area contributed by atoms with Crippen molar-refractivity contribution in [3.63, 3.8) is 0 Å². The Morgan fingerprint density at radius 2 is 2.12 bits per heavy atom. The Bertz CT molecular complexity index is 992. The van der Waals surface area contributed by atoms with Crippen molar-refractivity contribution in [3.05, 3.63) is 39.3 Å². The minimum absolute atomic E-state index is 0.0359. The maximum absolute atomic E-state index is 13.3. The maximum atomic E-state index is 13.3. The van der Waals surface area contributed by atoms with Crippen molar-refractivity contribution in [3.8, 4) is 0 Å². The van der Waals surface area contributed by atoms with E-state index in [4.69, 9.17) is 21.9 Å². The summed E-state index contributed by atoms with van der Waals surface area (Å²) in [7, 11) is 0. The van der Waals surface area contributed by atoms with E-state index in [1.165, 1.54) is 6.42 Å². The smallest absolute Gasteiger partial charge is 0.264 e. The number of aryl methyl sites for hydroxylation is 1. The highest BCUT2D eigenvalue weighted by Crippen LogP contribution is 2.35. The molecule has 0 amide bonds. The molecule has 1 fully saturated rings. The Labute approximate surface area is 150 Å². The lowest BCUT2D eigenvalue weighted by Gasteiger charge is -2.23. The van der Waals surface area contributed by atoms with Crippen LogP contribution in [-0.4, -0.2) is 16.3 Å². The number of fused-ring (bicyclic) bond motifs is 3. The monoisotopic (exact) mass is 359 g/mol. The molecular weight excluding hydrogens is 338 g/mol. The van der Waals surface area contributed by atoms with Gasteiger partial charge >= 0.3 is 0 Å². The van der Waals surface area contributed by atoms with Gasteiger partial charge in [0, 0.05) is 11.4 Å². The van der Waals surface area contributed by atoms with Crippen LogP contribution in [0, 0.1) is 12.8 Å². The zero-order chi connectivity index (χ0) is 17.6. The standard InChI is InChI=1S/C19H22ClN3O2/c1-11-16-18(22-25-11)17-14(20)7-4-8-15(17)23(19(16)24)13-6-3-2-5-12(9-13)10-21/h4,7-8,12-13H,2-3,5-6,9-10,21H2,1H3. The summed E-state index contributed by atoms with van der Waals surface area (Å²) in [5, 5.41) is 6.03. The zero-order valence-corrected chi connectivity index (χ0v) is 15.1. The number of aromatic nitrogens is 2. The molecule has 2 unspecified atom stereocenters. The zero-order valence-electron chi connectivity index (χ0n) is 14.3. The molecule has 2 N–H and O–H groups in total.